The minimum Gasteiger partial charge on any atom is -0.339 e. The molecule has 0 fully saturated rings. The van der Waals surface area contributed by atoms with Crippen LogP contribution in [0.3, 0.4) is 0 Å². The first-order valence-corrected chi connectivity index (χ1v) is 10.9. The molecule has 1 amide bonds. The number of hydrogen-bond donors (Lipinski definition) is 1. The molecule has 1 unspecified atom stereocenters. The summed E-state index contributed by atoms with van der Waals surface area (Å²) >= 11 is 1.51. The molecule has 0 saturated carbocycles. The Morgan fingerprint density at radius 2 is 2.11 bits per heavy atom. The first-order chi connectivity index (χ1) is 13.3. The molecule has 1 aromatic carbocycles. The average Bonchev–Trinajstić information content (AvgIpc) is 3.35. The molecule has 0 aliphatic heterocycles. The number of carbonyl (C=O) groups is 1. The Labute approximate surface area is 167 Å². The molecule has 148 valence electrons. The largest absolute Gasteiger partial charge is 0.339 e. The number of benzene rings is 1. The molecule has 3 rings (SSSR count). The van der Waals surface area contributed by atoms with E-state index in [1.54, 1.807) is 24.1 Å². The summed E-state index contributed by atoms with van der Waals surface area (Å²) in [6, 6.07) is 9.75. The lowest BCUT2D eigenvalue weighted by atomic mass is 10.1. The number of hydrogen-bond acceptors (Lipinski definition) is 7. The molecule has 0 radical (unpaired) electrons. The smallest absolute Gasteiger partial charge is 0.238 e. The van der Waals surface area contributed by atoms with Crippen LogP contribution in [0, 0.1) is 0 Å². The Balaban J connectivity index is 1.63. The van der Waals surface area contributed by atoms with E-state index in [-0.39, 0.29) is 23.3 Å². The van der Waals surface area contributed by atoms with E-state index in [2.05, 4.69) is 10.1 Å². The number of nitrogens with zero attached hydrogens (tertiary/aromatic N) is 3. The molecule has 28 heavy (non-hydrogen) atoms. The molecule has 0 aliphatic carbocycles. The lowest BCUT2D eigenvalue weighted by Gasteiger charge is -2.25. The Hall–Kier alpha value is -2.56. The Morgan fingerprint density at radius 3 is 2.79 bits per heavy atom. The maximum absolute atomic E-state index is 12.5. The summed E-state index contributed by atoms with van der Waals surface area (Å²) in [5.41, 5.74) is 0.681. The number of sulfonamides is 1. The van der Waals surface area contributed by atoms with Crippen molar-refractivity contribution in [2.75, 3.05) is 7.05 Å². The van der Waals surface area contributed by atoms with Crippen LogP contribution in [0.15, 0.2) is 51.2 Å². The lowest BCUT2D eigenvalue weighted by Crippen LogP contribution is -2.30. The van der Waals surface area contributed by atoms with Crippen LogP contribution in [0.5, 0.6) is 0 Å². The van der Waals surface area contributed by atoms with Crippen LogP contribution in [-0.2, 0) is 21.2 Å². The van der Waals surface area contributed by atoms with Crippen molar-refractivity contribution in [3.8, 4) is 10.7 Å². The van der Waals surface area contributed by atoms with Gasteiger partial charge in [-0.2, -0.15) is 4.98 Å². The SMILES string of the molecule is CC(c1cccc(S(N)(=O)=O)c1)N(C)C(=O)CCc1nc(-c2cccs2)no1. The zero-order valence-electron chi connectivity index (χ0n) is 15.4. The van der Waals surface area contributed by atoms with Gasteiger partial charge in [0.25, 0.3) is 0 Å². The zero-order chi connectivity index (χ0) is 20.3. The van der Waals surface area contributed by atoms with Gasteiger partial charge in [-0.1, -0.05) is 23.4 Å². The molecular formula is C18H20N4O4S2. The fraction of sp³-hybridized carbons (Fsp3) is 0.278. The Bertz CT molecular complexity index is 1060. The van der Waals surface area contributed by atoms with Gasteiger partial charge < -0.3 is 9.42 Å². The molecule has 8 nitrogen and oxygen atoms in total. The summed E-state index contributed by atoms with van der Waals surface area (Å²) in [5.74, 6) is 0.789. The van der Waals surface area contributed by atoms with E-state index in [4.69, 9.17) is 9.66 Å². The highest BCUT2D eigenvalue weighted by Gasteiger charge is 2.20. The predicted molar refractivity (Wildman–Crippen MR) is 105 cm³/mol. The molecule has 1 atom stereocenters. The molecule has 0 saturated heterocycles. The number of aryl methyl sites for hydroxylation is 1. The van der Waals surface area contributed by atoms with Crippen LogP contribution >= 0.6 is 11.3 Å². The van der Waals surface area contributed by atoms with E-state index < -0.39 is 10.0 Å². The van der Waals surface area contributed by atoms with Crippen molar-refractivity contribution < 1.29 is 17.7 Å². The maximum Gasteiger partial charge on any atom is 0.238 e. The lowest BCUT2D eigenvalue weighted by molar-refractivity contribution is -0.131. The highest BCUT2D eigenvalue weighted by molar-refractivity contribution is 7.89. The summed E-state index contributed by atoms with van der Waals surface area (Å²) in [5, 5.41) is 11.0. The maximum atomic E-state index is 12.5. The number of primary sulfonamides is 1. The summed E-state index contributed by atoms with van der Waals surface area (Å²) in [7, 11) is -2.13. The summed E-state index contributed by atoms with van der Waals surface area (Å²) in [6.45, 7) is 1.82. The molecular weight excluding hydrogens is 400 g/mol. The zero-order valence-corrected chi connectivity index (χ0v) is 17.0. The van der Waals surface area contributed by atoms with E-state index in [9.17, 15) is 13.2 Å². The van der Waals surface area contributed by atoms with Gasteiger partial charge in [-0.25, -0.2) is 13.6 Å². The van der Waals surface area contributed by atoms with Gasteiger partial charge in [0.15, 0.2) is 0 Å². The minimum atomic E-state index is -3.80. The highest BCUT2D eigenvalue weighted by atomic mass is 32.2. The molecule has 2 N–H and O–H groups in total. The third kappa shape index (κ3) is 4.64. The third-order valence-corrected chi connectivity index (χ3v) is 6.18. The van der Waals surface area contributed by atoms with Crippen LogP contribution in [0.2, 0.25) is 0 Å². The second-order valence-electron chi connectivity index (χ2n) is 6.29. The van der Waals surface area contributed by atoms with Gasteiger partial charge in [-0.3, -0.25) is 4.79 Å². The van der Waals surface area contributed by atoms with Crippen LogP contribution in [0.4, 0.5) is 0 Å². The molecule has 0 aliphatic rings. The number of aromatic nitrogens is 2. The molecule has 0 bridgehead atoms. The average molecular weight is 421 g/mol. The van der Waals surface area contributed by atoms with Crippen LogP contribution in [-0.4, -0.2) is 36.4 Å². The molecule has 0 spiro atoms. The molecule has 3 aromatic rings. The van der Waals surface area contributed by atoms with E-state index in [1.807, 2.05) is 24.4 Å². The third-order valence-electron chi connectivity index (χ3n) is 4.41. The second kappa shape index (κ2) is 8.21. The van der Waals surface area contributed by atoms with Crippen LogP contribution in [0.1, 0.15) is 30.8 Å². The number of rotatable bonds is 7. The predicted octanol–water partition coefficient (Wildman–Crippen LogP) is 2.60. The molecule has 2 aromatic heterocycles. The number of nitrogens with two attached hydrogens (primary N) is 1. The standard InChI is InChI=1S/C18H20N4O4S2/c1-12(13-5-3-6-14(11-13)28(19,24)25)22(2)17(23)9-8-16-20-18(21-26-16)15-7-4-10-27-15/h3-7,10-12H,8-9H2,1-2H3,(H2,19,24,25). The van der Waals surface area contributed by atoms with Gasteiger partial charge in [0.1, 0.15) is 0 Å². The first kappa shape index (κ1) is 20.2. The van der Waals surface area contributed by atoms with Gasteiger partial charge >= 0.3 is 0 Å². The first-order valence-electron chi connectivity index (χ1n) is 8.50. The Morgan fingerprint density at radius 1 is 1.32 bits per heavy atom. The van der Waals surface area contributed by atoms with Gasteiger partial charge in [0.05, 0.1) is 15.8 Å². The number of amides is 1. The summed E-state index contributed by atoms with van der Waals surface area (Å²) < 4.78 is 28.3. The van der Waals surface area contributed by atoms with Crippen LogP contribution < -0.4 is 5.14 Å². The van der Waals surface area contributed by atoms with Gasteiger partial charge in [0.2, 0.25) is 27.6 Å². The summed E-state index contributed by atoms with van der Waals surface area (Å²) in [4.78, 5) is 19.3. The fourth-order valence-electron chi connectivity index (χ4n) is 2.64. The van der Waals surface area contributed by atoms with Crippen molar-refractivity contribution in [1.29, 1.82) is 0 Å². The van der Waals surface area contributed by atoms with E-state index in [0.29, 0.717) is 23.7 Å². The number of carbonyl (C=O) groups excluding carboxylic acids is 1. The van der Waals surface area contributed by atoms with E-state index in [1.165, 1.54) is 23.5 Å². The highest BCUT2D eigenvalue weighted by Crippen LogP contribution is 2.23. The summed E-state index contributed by atoms with van der Waals surface area (Å²) in [6.07, 6.45) is 0.521. The van der Waals surface area contributed by atoms with Crippen molar-refractivity contribution >= 4 is 27.3 Å². The molecule has 10 heteroatoms. The number of thiophene rings is 1. The fourth-order valence-corrected chi connectivity index (χ4v) is 3.86. The second-order valence-corrected chi connectivity index (χ2v) is 8.80. The minimum absolute atomic E-state index is 0.0182. The van der Waals surface area contributed by atoms with Crippen molar-refractivity contribution in [2.24, 2.45) is 5.14 Å². The molecule has 2 heterocycles. The Kier molecular flexibility index (Phi) is 5.92. The van der Waals surface area contributed by atoms with Crippen molar-refractivity contribution in [2.45, 2.75) is 30.7 Å². The van der Waals surface area contributed by atoms with Crippen molar-refractivity contribution in [1.82, 2.24) is 15.0 Å². The topological polar surface area (TPSA) is 119 Å². The van der Waals surface area contributed by atoms with E-state index in [0.717, 1.165) is 4.88 Å². The van der Waals surface area contributed by atoms with Crippen molar-refractivity contribution in [3.05, 3.63) is 53.2 Å². The van der Waals surface area contributed by atoms with Crippen molar-refractivity contribution in [3.63, 3.8) is 0 Å². The van der Waals surface area contributed by atoms with Gasteiger partial charge in [0, 0.05) is 19.9 Å². The normalized spacial score (nSPS) is 12.7. The van der Waals surface area contributed by atoms with Gasteiger partial charge in [-0.15, -0.1) is 11.3 Å². The van der Waals surface area contributed by atoms with E-state index >= 15 is 0 Å². The quantitative estimate of drug-likeness (QED) is 0.627. The monoisotopic (exact) mass is 420 g/mol. The van der Waals surface area contributed by atoms with Crippen LogP contribution in [0.25, 0.3) is 10.7 Å². The van der Waals surface area contributed by atoms with Gasteiger partial charge in [-0.05, 0) is 36.1 Å².